The number of carbonyl (C=O) groups excluding carboxylic acids is 1. The first kappa shape index (κ1) is 25.7. The first-order chi connectivity index (χ1) is 18.9. The van der Waals surface area contributed by atoms with Crippen LogP contribution in [0.2, 0.25) is 0 Å². The molecule has 0 unspecified atom stereocenters. The van der Waals surface area contributed by atoms with E-state index in [1.54, 1.807) is 30.5 Å². The molecule has 0 atom stereocenters. The quantitative estimate of drug-likeness (QED) is 0.142. The Morgan fingerprint density at radius 1 is 0.949 bits per heavy atom. The maximum absolute atomic E-state index is 13.3. The standard InChI is InChI=1S/C28H22N4O6S/c33-27(30-19-8-2-1-3-9-19)26-22-11-4-5-12-25(22)39-28(26)29-17-18-7-6-10-21(15-18)38-24-14-13-20(31(34)35)16-23(24)32(36)37/h1-3,6-10,13-17H,4-5,11-12H2,(H,30,33). The highest BCUT2D eigenvalue weighted by atomic mass is 32.1. The third-order valence-corrected chi connectivity index (χ3v) is 7.38. The van der Waals surface area contributed by atoms with E-state index in [-0.39, 0.29) is 11.7 Å². The van der Waals surface area contributed by atoms with Crippen molar-refractivity contribution in [3.05, 3.63) is 115 Å². The molecule has 1 aromatic heterocycles. The Bertz CT molecular complexity index is 1600. The van der Waals surface area contributed by atoms with E-state index in [0.29, 0.717) is 27.6 Å². The average molecular weight is 543 g/mol. The number of rotatable bonds is 8. The van der Waals surface area contributed by atoms with Gasteiger partial charge in [-0.05, 0) is 67.1 Å². The molecule has 1 heterocycles. The molecule has 0 spiro atoms. The van der Waals surface area contributed by atoms with E-state index >= 15 is 0 Å². The van der Waals surface area contributed by atoms with Crippen LogP contribution in [0.4, 0.5) is 22.1 Å². The lowest BCUT2D eigenvalue weighted by molar-refractivity contribution is -0.394. The van der Waals surface area contributed by atoms with E-state index in [0.717, 1.165) is 43.4 Å². The van der Waals surface area contributed by atoms with Gasteiger partial charge in [-0.15, -0.1) is 11.3 Å². The van der Waals surface area contributed by atoms with Crippen molar-refractivity contribution in [3.63, 3.8) is 0 Å². The smallest absolute Gasteiger partial charge is 0.318 e. The summed E-state index contributed by atoms with van der Waals surface area (Å²) in [6.45, 7) is 0. The first-order valence-electron chi connectivity index (χ1n) is 12.1. The van der Waals surface area contributed by atoms with Crippen LogP contribution >= 0.6 is 11.3 Å². The Morgan fingerprint density at radius 3 is 2.51 bits per heavy atom. The molecule has 10 nitrogen and oxygen atoms in total. The number of amides is 1. The molecule has 1 aliphatic carbocycles. The Morgan fingerprint density at radius 2 is 1.74 bits per heavy atom. The van der Waals surface area contributed by atoms with Gasteiger partial charge in [-0.25, -0.2) is 4.99 Å². The van der Waals surface area contributed by atoms with E-state index in [9.17, 15) is 25.0 Å². The van der Waals surface area contributed by atoms with Gasteiger partial charge in [0.25, 0.3) is 11.6 Å². The number of ether oxygens (including phenoxy) is 1. The molecule has 0 saturated carbocycles. The Kier molecular flexibility index (Phi) is 7.41. The fraction of sp³-hybridized carbons (Fsp3) is 0.143. The molecule has 4 aromatic rings. The molecule has 0 fully saturated rings. The molecule has 196 valence electrons. The molecule has 11 heteroatoms. The number of thiophene rings is 1. The number of aryl methyl sites for hydroxylation is 1. The number of nitrogens with one attached hydrogen (secondary N) is 1. The third kappa shape index (κ3) is 5.83. The van der Waals surface area contributed by atoms with Crippen molar-refractivity contribution in [2.24, 2.45) is 4.99 Å². The highest BCUT2D eigenvalue weighted by molar-refractivity contribution is 7.16. The molecule has 39 heavy (non-hydrogen) atoms. The van der Waals surface area contributed by atoms with E-state index < -0.39 is 21.2 Å². The van der Waals surface area contributed by atoms with Gasteiger partial charge in [-0.1, -0.05) is 30.3 Å². The van der Waals surface area contributed by atoms with Crippen molar-refractivity contribution < 1.29 is 19.4 Å². The number of anilines is 1. The number of aliphatic imine (C=N–C) groups is 1. The summed E-state index contributed by atoms with van der Waals surface area (Å²) in [7, 11) is 0. The fourth-order valence-electron chi connectivity index (χ4n) is 4.36. The predicted octanol–water partition coefficient (Wildman–Crippen LogP) is 7.24. The van der Waals surface area contributed by atoms with Gasteiger partial charge in [-0.2, -0.15) is 0 Å². The van der Waals surface area contributed by atoms with Crippen molar-refractivity contribution in [1.29, 1.82) is 0 Å². The zero-order valence-electron chi connectivity index (χ0n) is 20.5. The average Bonchev–Trinajstić information content (AvgIpc) is 3.31. The second kappa shape index (κ2) is 11.2. The van der Waals surface area contributed by atoms with Gasteiger partial charge in [0.15, 0.2) is 0 Å². The van der Waals surface area contributed by atoms with Gasteiger partial charge in [0.1, 0.15) is 10.8 Å². The van der Waals surface area contributed by atoms with Crippen molar-refractivity contribution in [2.45, 2.75) is 25.7 Å². The topological polar surface area (TPSA) is 137 Å². The molecule has 3 aromatic carbocycles. The molecule has 1 aliphatic rings. The molecule has 1 amide bonds. The van der Waals surface area contributed by atoms with Crippen LogP contribution in [0.25, 0.3) is 0 Å². The van der Waals surface area contributed by atoms with Crippen LogP contribution in [0.5, 0.6) is 11.5 Å². The monoisotopic (exact) mass is 542 g/mol. The van der Waals surface area contributed by atoms with Gasteiger partial charge in [0, 0.05) is 22.8 Å². The lowest BCUT2D eigenvalue weighted by atomic mass is 9.95. The number of para-hydroxylation sites is 1. The van der Waals surface area contributed by atoms with Gasteiger partial charge in [0.05, 0.1) is 21.5 Å². The van der Waals surface area contributed by atoms with E-state index in [1.165, 1.54) is 22.3 Å². The molecule has 0 bridgehead atoms. The second-order valence-electron chi connectivity index (χ2n) is 8.81. The van der Waals surface area contributed by atoms with Crippen LogP contribution in [0.3, 0.4) is 0 Å². The number of carbonyl (C=O) groups is 1. The zero-order chi connectivity index (χ0) is 27.4. The molecule has 0 saturated heterocycles. The SMILES string of the molecule is O=C(Nc1ccccc1)c1c(N=Cc2cccc(Oc3ccc([N+](=O)[O-])cc3[N+](=O)[O-])c2)sc2c1CCCC2. The maximum atomic E-state index is 13.3. The molecular weight excluding hydrogens is 520 g/mol. The lowest BCUT2D eigenvalue weighted by Gasteiger charge is -2.12. The number of hydrogen-bond donors (Lipinski definition) is 1. The number of hydrogen-bond acceptors (Lipinski definition) is 8. The third-order valence-electron chi connectivity index (χ3n) is 6.18. The molecular formula is C28H22N4O6S. The number of nitrogens with zero attached hydrogens (tertiary/aromatic N) is 3. The van der Waals surface area contributed by atoms with Crippen molar-refractivity contribution in [1.82, 2.24) is 0 Å². The van der Waals surface area contributed by atoms with Crippen molar-refractivity contribution >= 4 is 45.5 Å². The summed E-state index contributed by atoms with van der Waals surface area (Å²) in [5.74, 6) is -0.0239. The van der Waals surface area contributed by atoms with Gasteiger partial charge >= 0.3 is 5.69 Å². The zero-order valence-corrected chi connectivity index (χ0v) is 21.3. The lowest BCUT2D eigenvalue weighted by Crippen LogP contribution is -2.14. The van der Waals surface area contributed by atoms with Crippen LogP contribution in [0.15, 0.2) is 77.8 Å². The van der Waals surface area contributed by atoms with E-state index in [2.05, 4.69) is 10.3 Å². The van der Waals surface area contributed by atoms with Crippen LogP contribution in [-0.4, -0.2) is 22.0 Å². The highest BCUT2D eigenvalue weighted by Crippen LogP contribution is 2.40. The molecule has 0 radical (unpaired) electrons. The number of nitro groups is 2. The van der Waals surface area contributed by atoms with Crippen molar-refractivity contribution in [2.75, 3.05) is 5.32 Å². The van der Waals surface area contributed by atoms with Crippen LogP contribution < -0.4 is 10.1 Å². The van der Waals surface area contributed by atoms with E-state index in [4.69, 9.17) is 4.74 Å². The van der Waals surface area contributed by atoms with Crippen molar-refractivity contribution in [3.8, 4) is 11.5 Å². The number of nitro benzene ring substituents is 2. The highest BCUT2D eigenvalue weighted by Gasteiger charge is 2.25. The summed E-state index contributed by atoms with van der Waals surface area (Å²) >= 11 is 1.52. The van der Waals surface area contributed by atoms with E-state index in [1.807, 2.05) is 30.3 Å². The summed E-state index contributed by atoms with van der Waals surface area (Å²) in [6, 6.07) is 19.2. The van der Waals surface area contributed by atoms with Gasteiger partial charge in [-0.3, -0.25) is 25.0 Å². The van der Waals surface area contributed by atoms with Crippen LogP contribution in [0.1, 0.15) is 39.2 Å². The second-order valence-corrected chi connectivity index (χ2v) is 9.89. The molecule has 0 aliphatic heterocycles. The number of benzene rings is 3. The summed E-state index contributed by atoms with van der Waals surface area (Å²) in [5.41, 5.74) is 2.08. The molecule has 1 N–H and O–H groups in total. The summed E-state index contributed by atoms with van der Waals surface area (Å²) in [6.07, 6.45) is 5.46. The van der Waals surface area contributed by atoms with Crippen LogP contribution in [-0.2, 0) is 12.8 Å². The maximum Gasteiger partial charge on any atom is 0.318 e. The minimum absolute atomic E-state index is 0.120. The normalized spacial score (nSPS) is 12.6. The van der Waals surface area contributed by atoms with Crippen LogP contribution in [0, 0.1) is 20.2 Å². The summed E-state index contributed by atoms with van der Waals surface area (Å²) in [4.78, 5) is 40.2. The Balaban J connectivity index is 1.41. The fourth-order valence-corrected chi connectivity index (χ4v) is 5.59. The largest absolute Gasteiger partial charge is 0.450 e. The van der Waals surface area contributed by atoms with Gasteiger partial charge in [0.2, 0.25) is 5.75 Å². The predicted molar refractivity (Wildman–Crippen MR) is 149 cm³/mol. The molecule has 5 rings (SSSR count). The minimum Gasteiger partial charge on any atom is -0.450 e. The number of non-ortho nitro benzene ring substituents is 1. The Labute approximate surface area is 226 Å². The van der Waals surface area contributed by atoms with Gasteiger partial charge < -0.3 is 10.1 Å². The first-order valence-corrected chi connectivity index (χ1v) is 13.0. The minimum atomic E-state index is -0.728. The Hall–Kier alpha value is -4.90. The number of fused-ring (bicyclic) bond motifs is 1. The summed E-state index contributed by atoms with van der Waals surface area (Å²) < 4.78 is 5.71. The summed E-state index contributed by atoms with van der Waals surface area (Å²) in [5, 5.41) is 26.0.